The number of hydrogen-bond donors (Lipinski definition) is 0. The van der Waals surface area contributed by atoms with Gasteiger partial charge in [0, 0.05) is 51.0 Å². The molecule has 0 aliphatic carbocycles. The van der Waals surface area contributed by atoms with Crippen molar-refractivity contribution in [1.82, 2.24) is 14.7 Å². The maximum atomic E-state index is 5.39. The highest BCUT2D eigenvalue weighted by Gasteiger charge is 2.28. The van der Waals surface area contributed by atoms with Crippen LogP contribution in [0.4, 0.5) is 0 Å². The van der Waals surface area contributed by atoms with Crippen molar-refractivity contribution in [3.05, 3.63) is 39.8 Å². The summed E-state index contributed by atoms with van der Waals surface area (Å²) in [4.78, 5) is 2.50. The Balaban J connectivity index is 1.80. The maximum Gasteiger partial charge on any atom is 0.0736 e. The number of fused-ring (bicyclic) bond motifs is 1. The maximum absolute atomic E-state index is 5.39. The summed E-state index contributed by atoms with van der Waals surface area (Å²) in [5.74, 6) is 0.384. The summed E-state index contributed by atoms with van der Waals surface area (Å²) in [6, 6.07) is 2.21. The monoisotopic (exact) mass is 291 g/mol. The number of aryl methyl sites for hydroxylation is 1. The van der Waals surface area contributed by atoms with Crippen molar-refractivity contribution in [3.8, 4) is 0 Å². The summed E-state index contributed by atoms with van der Waals surface area (Å²) in [5.41, 5.74) is 3.99. The first-order valence-electron chi connectivity index (χ1n) is 7.08. The van der Waals surface area contributed by atoms with Gasteiger partial charge in [-0.05, 0) is 29.3 Å². The van der Waals surface area contributed by atoms with Gasteiger partial charge in [0.2, 0.25) is 0 Å². The molecule has 0 fully saturated rings. The van der Waals surface area contributed by atoms with E-state index in [4.69, 9.17) is 9.84 Å². The van der Waals surface area contributed by atoms with Crippen LogP contribution in [0.3, 0.4) is 0 Å². The zero-order chi connectivity index (χ0) is 13.9. The molecule has 20 heavy (non-hydrogen) atoms. The van der Waals surface area contributed by atoms with Gasteiger partial charge in [0.1, 0.15) is 0 Å². The predicted molar refractivity (Wildman–Crippen MR) is 81.0 cm³/mol. The van der Waals surface area contributed by atoms with Crippen LogP contribution in [0.25, 0.3) is 0 Å². The van der Waals surface area contributed by atoms with Crippen molar-refractivity contribution >= 4 is 11.3 Å². The third-order valence-electron chi connectivity index (χ3n) is 3.81. The number of thiophene rings is 1. The van der Waals surface area contributed by atoms with Crippen LogP contribution in [0.5, 0.6) is 0 Å². The summed E-state index contributed by atoms with van der Waals surface area (Å²) < 4.78 is 7.43. The average Bonchev–Trinajstić information content (AvgIpc) is 3.08. The molecule has 2 aromatic rings. The van der Waals surface area contributed by atoms with E-state index in [1.807, 2.05) is 4.68 Å². The van der Waals surface area contributed by atoms with Crippen LogP contribution in [-0.4, -0.2) is 34.9 Å². The van der Waals surface area contributed by atoms with E-state index in [0.717, 1.165) is 32.8 Å². The first-order valence-corrected chi connectivity index (χ1v) is 8.03. The quantitative estimate of drug-likeness (QED) is 0.848. The average molecular weight is 291 g/mol. The third-order valence-corrected chi connectivity index (χ3v) is 4.54. The molecular weight excluding hydrogens is 270 g/mol. The number of hydrogen-bond acceptors (Lipinski definition) is 4. The topological polar surface area (TPSA) is 30.3 Å². The van der Waals surface area contributed by atoms with Gasteiger partial charge in [0.05, 0.1) is 12.3 Å². The van der Waals surface area contributed by atoms with E-state index in [1.54, 1.807) is 18.4 Å². The molecule has 4 nitrogen and oxygen atoms in total. The Morgan fingerprint density at radius 2 is 2.40 bits per heavy atom. The Hall–Kier alpha value is -1.17. The highest BCUT2D eigenvalue weighted by Crippen LogP contribution is 2.28. The normalized spacial score (nSPS) is 19.2. The van der Waals surface area contributed by atoms with Crippen molar-refractivity contribution in [3.63, 3.8) is 0 Å². The molecule has 2 aromatic heterocycles. The second kappa shape index (κ2) is 6.08. The molecule has 5 heteroatoms. The van der Waals surface area contributed by atoms with Gasteiger partial charge >= 0.3 is 0 Å². The Morgan fingerprint density at radius 1 is 1.50 bits per heavy atom. The van der Waals surface area contributed by atoms with Crippen molar-refractivity contribution in [2.24, 2.45) is 0 Å². The summed E-state index contributed by atoms with van der Waals surface area (Å²) in [7, 11) is 1.77. The van der Waals surface area contributed by atoms with Crippen LogP contribution in [0.15, 0.2) is 23.0 Å². The first kappa shape index (κ1) is 13.8. The van der Waals surface area contributed by atoms with Crippen LogP contribution in [0, 0.1) is 0 Å². The lowest BCUT2D eigenvalue weighted by Crippen LogP contribution is -2.34. The van der Waals surface area contributed by atoms with Gasteiger partial charge in [0.15, 0.2) is 0 Å². The Kier molecular flexibility index (Phi) is 4.19. The summed E-state index contributed by atoms with van der Waals surface area (Å²) in [6.45, 7) is 6.83. The van der Waals surface area contributed by atoms with Gasteiger partial charge in [-0.1, -0.05) is 0 Å². The van der Waals surface area contributed by atoms with E-state index < -0.39 is 0 Å². The fourth-order valence-electron chi connectivity index (χ4n) is 2.90. The van der Waals surface area contributed by atoms with Gasteiger partial charge < -0.3 is 4.74 Å². The molecule has 0 amide bonds. The van der Waals surface area contributed by atoms with Gasteiger partial charge in [-0.25, -0.2) is 0 Å². The SMILES string of the molecule is CCn1cc2c(n1)[C@H](COC)CN(Cc1ccsc1)C2. The highest BCUT2D eigenvalue weighted by molar-refractivity contribution is 7.07. The Morgan fingerprint density at radius 3 is 3.10 bits per heavy atom. The van der Waals surface area contributed by atoms with Crippen LogP contribution in [0.1, 0.15) is 29.7 Å². The smallest absolute Gasteiger partial charge is 0.0736 e. The van der Waals surface area contributed by atoms with Gasteiger partial charge in [-0.15, -0.1) is 0 Å². The van der Waals surface area contributed by atoms with E-state index in [1.165, 1.54) is 16.8 Å². The zero-order valence-corrected chi connectivity index (χ0v) is 12.9. The molecule has 0 aromatic carbocycles. The molecule has 1 atom stereocenters. The number of aromatic nitrogens is 2. The Labute approximate surface area is 124 Å². The molecule has 0 N–H and O–H groups in total. The second-order valence-electron chi connectivity index (χ2n) is 5.35. The van der Waals surface area contributed by atoms with E-state index >= 15 is 0 Å². The van der Waals surface area contributed by atoms with Crippen molar-refractivity contribution < 1.29 is 4.74 Å². The van der Waals surface area contributed by atoms with E-state index in [2.05, 4.69) is 34.8 Å². The van der Waals surface area contributed by atoms with Gasteiger partial charge in [0.25, 0.3) is 0 Å². The van der Waals surface area contributed by atoms with Crippen molar-refractivity contribution in [2.75, 3.05) is 20.3 Å². The molecule has 1 aliphatic heterocycles. The fraction of sp³-hybridized carbons (Fsp3) is 0.533. The molecule has 0 saturated heterocycles. The van der Waals surface area contributed by atoms with Crippen LogP contribution >= 0.6 is 11.3 Å². The molecular formula is C15H21N3OS. The molecule has 0 saturated carbocycles. The number of rotatable bonds is 5. The number of methoxy groups -OCH3 is 1. The molecule has 108 valence electrons. The molecule has 0 unspecified atom stereocenters. The van der Waals surface area contributed by atoms with E-state index in [-0.39, 0.29) is 0 Å². The number of ether oxygens (including phenoxy) is 1. The lowest BCUT2D eigenvalue weighted by Gasteiger charge is -2.31. The largest absolute Gasteiger partial charge is 0.384 e. The molecule has 1 aliphatic rings. The van der Waals surface area contributed by atoms with Crippen LogP contribution < -0.4 is 0 Å². The summed E-state index contributed by atoms with van der Waals surface area (Å²) >= 11 is 1.76. The van der Waals surface area contributed by atoms with E-state index in [9.17, 15) is 0 Å². The van der Waals surface area contributed by atoms with Crippen molar-refractivity contribution in [1.29, 1.82) is 0 Å². The second-order valence-corrected chi connectivity index (χ2v) is 6.13. The molecule has 0 radical (unpaired) electrons. The Bertz CT molecular complexity index is 549. The minimum absolute atomic E-state index is 0.384. The third kappa shape index (κ3) is 2.80. The molecule has 3 rings (SSSR count). The molecule has 3 heterocycles. The minimum atomic E-state index is 0.384. The van der Waals surface area contributed by atoms with Gasteiger partial charge in [-0.3, -0.25) is 9.58 Å². The highest BCUT2D eigenvalue weighted by atomic mass is 32.1. The molecule has 0 bridgehead atoms. The summed E-state index contributed by atoms with van der Waals surface area (Å²) in [6.07, 6.45) is 2.19. The molecule has 0 spiro atoms. The minimum Gasteiger partial charge on any atom is -0.384 e. The predicted octanol–water partition coefficient (Wildman–Crippen LogP) is 2.71. The standard InChI is InChI=1S/C15H21N3OS/c1-3-18-9-13-7-17(6-12-4-5-20-11-12)8-14(10-19-2)15(13)16-18/h4-5,9,11,14H,3,6-8,10H2,1-2H3/t14-/m0/s1. The van der Waals surface area contributed by atoms with Crippen molar-refractivity contribution in [2.45, 2.75) is 32.5 Å². The van der Waals surface area contributed by atoms with E-state index in [0.29, 0.717) is 5.92 Å². The van der Waals surface area contributed by atoms with Gasteiger partial charge in [-0.2, -0.15) is 16.4 Å². The van der Waals surface area contributed by atoms with Crippen LogP contribution in [-0.2, 0) is 24.4 Å². The zero-order valence-electron chi connectivity index (χ0n) is 12.1. The lowest BCUT2D eigenvalue weighted by atomic mass is 9.97. The summed E-state index contributed by atoms with van der Waals surface area (Å²) in [5, 5.41) is 9.09. The first-order chi connectivity index (χ1) is 9.80. The van der Waals surface area contributed by atoms with Crippen LogP contribution in [0.2, 0.25) is 0 Å². The number of nitrogens with zero attached hydrogens (tertiary/aromatic N) is 3. The fourth-order valence-corrected chi connectivity index (χ4v) is 3.56. The lowest BCUT2D eigenvalue weighted by molar-refractivity contribution is 0.134.